The van der Waals surface area contributed by atoms with Crippen molar-refractivity contribution in [2.24, 2.45) is 0 Å². The zero-order valence-electron chi connectivity index (χ0n) is 12.8. The van der Waals surface area contributed by atoms with E-state index in [0.29, 0.717) is 17.9 Å². The van der Waals surface area contributed by atoms with Gasteiger partial charge in [0, 0.05) is 5.56 Å². The summed E-state index contributed by atoms with van der Waals surface area (Å²) in [6, 6.07) is 9.12. The van der Waals surface area contributed by atoms with Crippen molar-refractivity contribution in [2.45, 2.75) is 13.8 Å². The van der Waals surface area contributed by atoms with Crippen LogP contribution >= 0.6 is 15.9 Å². The van der Waals surface area contributed by atoms with Gasteiger partial charge in [0.15, 0.2) is 0 Å². The molecule has 0 spiro atoms. The van der Waals surface area contributed by atoms with Gasteiger partial charge in [-0.25, -0.2) is 9.78 Å². The number of aromatic amines is 1. The first-order chi connectivity index (χ1) is 11.0. The van der Waals surface area contributed by atoms with Gasteiger partial charge >= 0.3 is 5.97 Å². The minimum Gasteiger partial charge on any atom is -0.462 e. The Morgan fingerprint density at radius 3 is 2.70 bits per heavy atom. The molecule has 0 atom stereocenters. The second kappa shape index (κ2) is 6.04. The number of aromatic nitrogens is 2. The highest BCUT2D eigenvalue weighted by Crippen LogP contribution is 2.32. The van der Waals surface area contributed by atoms with Crippen LogP contribution in [0, 0.1) is 6.92 Å². The van der Waals surface area contributed by atoms with Crippen LogP contribution in [0.2, 0.25) is 0 Å². The van der Waals surface area contributed by atoms with Gasteiger partial charge in [0.1, 0.15) is 11.3 Å². The van der Waals surface area contributed by atoms with Crippen LogP contribution in [0.1, 0.15) is 22.8 Å². The summed E-state index contributed by atoms with van der Waals surface area (Å²) in [5, 5.41) is 0. The third-order valence-electron chi connectivity index (χ3n) is 3.63. The molecule has 0 amide bonds. The molecule has 0 saturated carbocycles. The smallest absolute Gasteiger partial charge is 0.338 e. The molecule has 0 aliphatic rings. The fourth-order valence-corrected chi connectivity index (χ4v) is 2.98. The number of imidazole rings is 1. The van der Waals surface area contributed by atoms with E-state index >= 15 is 0 Å². The Kier molecular flexibility index (Phi) is 4.09. The fourth-order valence-electron chi connectivity index (χ4n) is 2.37. The Balaban J connectivity index is 2.00. The Morgan fingerprint density at radius 2 is 2.04 bits per heavy atom. The van der Waals surface area contributed by atoms with Crippen LogP contribution in [0.4, 0.5) is 5.69 Å². The molecule has 118 valence electrons. The van der Waals surface area contributed by atoms with Gasteiger partial charge in [0.25, 0.3) is 0 Å². The van der Waals surface area contributed by atoms with E-state index in [1.807, 2.05) is 25.1 Å². The number of anilines is 1. The number of benzene rings is 2. The third-order valence-corrected chi connectivity index (χ3v) is 4.43. The Hall–Kier alpha value is -2.34. The van der Waals surface area contributed by atoms with E-state index in [0.717, 1.165) is 32.5 Å². The molecule has 0 bridgehead atoms. The number of nitrogen functional groups attached to an aromatic ring is 1. The number of nitrogens with one attached hydrogen (secondary N) is 1. The third kappa shape index (κ3) is 2.82. The monoisotopic (exact) mass is 373 g/mol. The van der Waals surface area contributed by atoms with E-state index < -0.39 is 0 Å². The summed E-state index contributed by atoms with van der Waals surface area (Å²) in [7, 11) is 0. The molecule has 5 nitrogen and oxygen atoms in total. The number of hydrogen-bond donors (Lipinski definition) is 2. The summed E-state index contributed by atoms with van der Waals surface area (Å²) in [5.74, 6) is 0.399. The topological polar surface area (TPSA) is 81.0 Å². The number of fused-ring (bicyclic) bond motifs is 1. The molecule has 23 heavy (non-hydrogen) atoms. The highest BCUT2D eigenvalue weighted by Gasteiger charge is 2.13. The van der Waals surface area contributed by atoms with Crippen LogP contribution in [0.5, 0.6) is 0 Å². The second-order valence-electron chi connectivity index (χ2n) is 5.20. The van der Waals surface area contributed by atoms with Gasteiger partial charge in [-0.1, -0.05) is 12.1 Å². The van der Waals surface area contributed by atoms with Gasteiger partial charge in [-0.05, 0) is 53.5 Å². The first kappa shape index (κ1) is 15.6. The molecule has 1 aromatic heterocycles. The molecule has 0 aliphatic carbocycles. The van der Waals surface area contributed by atoms with Crippen LogP contribution in [0.3, 0.4) is 0 Å². The van der Waals surface area contributed by atoms with Crippen LogP contribution in [-0.2, 0) is 4.74 Å². The Labute approximate surface area is 142 Å². The lowest BCUT2D eigenvalue weighted by Crippen LogP contribution is -2.04. The number of nitrogens with two attached hydrogens (primary N) is 1. The van der Waals surface area contributed by atoms with Gasteiger partial charge in [-0.15, -0.1) is 0 Å². The molecule has 0 saturated heterocycles. The fraction of sp³-hybridized carbons (Fsp3) is 0.176. The van der Waals surface area contributed by atoms with Gasteiger partial charge in [-0.3, -0.25) is 0 Å². The predicted octanol–water partition coefficient (Wildman–Crippen LogP) is 4.06. The maximum absolute atomic E-state index is 11.7. The van der Waals surface area contributed by atoms with E-state index in [1.54, 1.807) is 19.1 Å². The highest BCUT2D eigenvalue weighted by atomic mass is 79.9. The van der Waals surface area contributed by atoms with E-state index in [9.17, 15) is 4.79 Å². The van der Waals surface area contributed by atoms with Crippen LogP contribution in [-0.4, -0.2) is 22.5 Å². The SMILES string of the molecule is CCOC(=O)c1ccc(-c2nc3c(Br)c(N)c(C)cc3[nH]2)cc1. The lowest BCUT2D eigenvalue weighted by atomic mass is 10.1. The number of H-pyrrole nitrogens is 1. The molecule has 3 N–H and O–H groups in total. The van der Waals surface area contributed by atoms with Crippen LogP contribution in [0.15, 0.2) is 34.8 Å². The van der Waals surface area contributed by atoms with Gasteiger partial charge < -0.3 is 15.5 Å². The number of carbonyl (C=O) groups excluding carboxylic acids is 1. The molecule has 6 heteroatoms. The minimum absolute atomic E-state index is 0.324. The lowest BCUT2D eigenvalue weighted by molar-refractivity contribution is 0.0526. The molecule has 3 aromatic rings. The second-order valence-corrected chi connectivity index (χ2v) is 5.99. The molecule has 1 heterocycles. The quantitative estimate of drug-likeness (QED) is 0.535. The molecule has 2 aromatic carbocycles. The number of nitrogens with zero attached hydrogens (tertiary/aromatic N) is 1. The first-order valence-corrected chi connectivity index (χ1v) is 8.02. The largest absolute Gasteiger partial charge is 0.462 e. The lowest BCUT2D eigenvalue weighted by Gasteiger charge is -2.02. The molecule has 3 rings (SSSR count). The van der Waals surface area contributed by atoms with Gasteiger partial charge in [0.2, 0.25) is 0 Å². The normalized spacial score (nSPS) is 10.9. The van der Waals surface area contributed by atoms with Crippen molar-refractivity contribution in [2.75, 3.05) is 12.3 Å². The van der Waals surface area contributed by atoms with Crippen LogP contribution in [0.25, 0.3) is 22.4 Å². The number of esters is 1. The Bertz CT molecular complexity index is 885. The minimum atomic E-state index is -0.324. The molecular weight excluding hydrogens is 358 g/mol. The molecule has 0 unspecified atom stereocenters. The Morgan fingerprint density at radius 1 is 1.35 bits per heavy atom. The van der Waals surface area contributed by atoms with Crippen molar-refractivity contribution in [3.05, 3.63) is 45.9 Å². The van der Waals surface area contributed by atoms with Gasteiger partial charge in [-0.2, -0.15) is 0 Å². The van der Waals surface area contributed by atoms with Crippen LogP contribution < -0.4 is 5.73 Å². The summed E-state index contributed by atoms with van der Waals surface area (Å²) >= 11 is 3.50. The summed E-state index contributed by atoms with van der Waals surface area (Å²) < 4.78 is 5.77. The van der Waals surface area contributed by atoms with E-state index in [-0.39, 0.29) is 5.97 Å². The average Bonchev–Trinajstić information content (AvgIpc) is 2.97. The summed E-state index contributed by atoms with van der Waals surface area (Å²) in [6.07, 6.45) is 0. The zero-order valence-corrected chi connectivity index (χ0v) is 14.4. The standard InChI is InChI=1S/C17H16BrN3O2/c1-3-23-17(22)11-6-4-10(5-7-11)16-20-12-8-9(2)14(19)13(18)15(12)21-16/h4-8H,3,19H2,1-2H3,(H,20,21). The summed E-state index contributed by atoms with van der Waals surface area (Å²) in [6.45, 7) is 4.10. The maximum atomic E-state index is 11.7. The van der Waals surface area contributed by atoms with Crippen molar-refractivity contribution in [1.82, 2.24) is 9.97 Å². The molecule has 0 fully saturated rings. The van der Waals surface area contributed by atoms with E-state index in [4.69, 9.17) is 10.5 Å². The van der Waals surface area contributed by atoms with Crippen molar-refractivity contribution in [1.29, 1.82) is 0 Å². The molecular formula is C17H16BrN3O2. The average molecular weight is 374 g/mol. The van der Waals surface area contributed by atoms with E-state index in [2.05, 4.69) is 25.9 Å². The number of aryl methyl sites for hydroxylation is 1. The molecule has 0 radical (unpaired) electrons. The summed E-state index contributed by atoms with van der Waals surface area (Å²) in [4.78, 5) is 19.6. The van der Waals surface area contributed by atoms with Crippen molar-refractivity contribution in [3.8, 4) is 11.4 Å². The number of rotatable bonds is 3. The highest BCUT2D eigenvalue weighted by molar-refractivity contribution is 9.10. The number of ether oxygens (including phenoxy) is 1. The summed E-state index contributed by atoms with van der Waals surface area (Å²) in [5.41, 5.74) is 10.8. The van der Waals surface area contributed by atoms with Crippen molar-refractivity contribution >= 4 is 38.6 Å². The predicted molar refractivity (Wildman–Crippen MR) is 94.3 cm³/mol. The van der Waals surface area contributed by atoms with Crippen molar-refractivity contribution < 1.29 is 9.53 Å². The molecule has 0 aliphatic heterocycles. The number of carbonyl (C=O) groups is 1. The van der Waals surface area contributed by atoms with E-state index in [1.165, 1.54) is 0 Å². The maximum Gasteiger partial charge on any atom is 0.338 e. The number of hydrogen-bond acceptors (Lipinski definition) is 4. The zero-order chi connectivity index (χ0) is 16.6. The van der Waals surface area contributed by atoms with Crippen molar-refractivity contribution in [3.63, 3.8) is 0 Å². The van der Waals surface area contributed by atoms with Gasteiger partial charge in [0.05, 0.1) is 27.8 Å². The first-order valence-electron chi connectivity index (χ1n) is 7.23. The number of halogens is 1.